The lowest BCUT2D eigenvalue weighted by molar-refractivity contribution is -0.139. The van der Waals surface area contributed by atoms with Crippen LogP contribution in [0.25, 0.3) is 0 Å². The number of carbonyl (C=O) groups excluding carboxylic acids is 3. The number of likely N-dealkylation sites (tertiary alicyclic amines) is 1. The highest BCUT2D eigenvalue weighted by molar-refractivity contribution is 7.92. The first-order valence-corrected chi connectivity index (χ1v) is 11.7. The summed E-state index contributed by atoms with van der Waals surface area (Å²) in [6.07, 6.45) is 0.491. The molecule has 0 radical (unpaired) electrons. The van der Waals surface area contributed by atoms with E-state index in [4.69, 9.17) is 0 Å². The predicted octanol–water partition coefficient (Wildman–Crippen LogP) is 3.39. The number of sulfonamides is 1. The molecule has 1 heterocycles. The molecule has 0 spiro atoms. The summed E-state index contributed by atoms with van der Waals surface area (Å²) in [6, 6.07) is 21.0. The highest BCUT2D eigenvalue weighted by Crippen LogP contribution is 2.19. The monoisotopic (exact) mass is 463 g/mol. The molecule has 1 aliphatic heterocycles. The van der Waals surface area contributed by atoms with Gasteiger partial charge in [0.2, 0.25) is 11.8 Å². The Morgan fingerprint density at radius 3 is 2.00 bits per heavy atom. The molecule has 0 aromatic heterocycles. The van der Waals surface area contributed by atoms with Gasteiger partial charge in [-0.25, -0.2) is 8.42 Å². The zero-order valence-electron chi connectivity index (χ0n) is 17.5. The first-order valence-electron chi connectivity index (χ1n) is 10.2. The van der Waals surface area contributed by atoms with Crippen molar-refractivity contribution in [1.29, 1.82) is 0 Å². The molecule has 3 amide bonds. The SMILES string of the molecule is O=C(Nc1ccc(CN2C(=O)CCC2=O)cc1)c1ccc(S(=O)(=O)Nc2ccccc2)cc1. The Labute approximate surface area is 191 Å². The second-order valence-electron chi connectivity index (χ2n) is 7.52. The number of rotatable bonds is 7. The van der Waals surface area contributed by atoms with E-state index in [0.717, 1.165) is 5.56 Å². The summed E-state index contributed by atoms with van der Waals surface area (Å²) in [5, 5.41) is 2.74. The standard InChI is InChI=1S/C24H21N3O5S/c28-22-14-15-23(29)27(22)16-17-6-10-19(11-7-17)25-24(30)18-8-12-21(13-9-18)33(31,32)26-20-4-2-1-3-5-20/h1-13,26H,14-16H2,(H,25,30). The predicted molar refractivity (Wildman–Crippen MR) is 123 cm³/mol. The maximum absolute atomic E-state index is 12.5. The lowest BCUT2D eigenvalue weighted by Crippen LogP contribution is -2.28. The maximum Gasteiger partial charge on any atom is 0.261 e. The fourth-order valence-corrected chi connectivity index (χ4v) is 4.44. The summed E-state index contributed by atoms with van der Waals surface area (Å²) in [6.45, 7) is 0.207. The van der Waals surface area contributed by atoms with E-state index < -0.39 is 15.9 Å². The largest absolute Gasteiger partial charge is 0.322 e. The van der Waals surface area contributed by atoms with Crippen LogP contribution in [0, 0.1) is 0 Å². The number of nitrogens with one attached hydrogen (secondary N) is 2. The number of anilines is 2. The summed E-state index contributed by atoms with van der Waals surface area (Å²) in [5.41, 5.74) is 2.05. The summed E-state index contributed by atoms with van der Waals surface area (Å²) in [5.74, 6) is -0.753. The van der Waals surface area contributed by atoms with Crippen molar-refractivity contribution in [1.82, 2.24) is 4.90 Å². The molecule has 0 saturated carbocycles. The van der Waals surface area contributed by atoms with Gasteiger partial charge in [-0.2, -0.15) is 0 Å². The fourth-order valence-electron chi connectivity index (χ4n) is 3.38. The molecule has 0 aliphatic carbocycles. The molecule has 0 bridgehead atoms. The van der Waals surface area contributed by atoms with Crippen LogP contribution in [0.15, 0.2) is 83.8 Å². The van der Waals surface area contributed by atoms with Crippen LogP contribution in [-0.4, -0.2) is 31.0 Å². The van der Waals surface area contributed by atoms with Crippen LogP contribution in [0.5, 0.6) is 0 Å². The van der Waals surface area contributed by atoms with Crippen LogP contribution in [0.4, 0.5) is 11.4 Å². The number of hydrogen-bond acceptors (Lipinski definition) is 5. The molecule has 0 atom stereocenters. The Morgan fingerprint density at radius 1 is 0.788 bits per heavy atom. The molecule has 1 saturated heterocycles. The molecule has 8 nitrogen and oxygen atoms in total. The average molecular weight is 464 g/mol. The quantitative estimate of drug-likeness (QED) is 0.522. The lowest BCUT2D eigenvalue weighted by Gasteiger charge is -2.14. The van der Waals surface area contributed by atoms with E-state index in [1.54, 1.807) is 54.6 Å². The van der Waals surface area contributed by atoms with E-state index >= 15 is 0 Å². The summed E-state index contributed by atoms with van der Waals surface area (Å²) < 4.78 is 27.5. The first-order chi connectivity index (χ1) is 15.8. The van der Waals surface area contributed by atoms with Crippen LogP contribution >= 0.6 is 0 Å². The molecular formula is C24H21N3O5S. The normalized spacial score (nSPS) is 13.8. The van der Waals surface area contributed by atoms with Crippen molar-refractivity contribution >= 4 is 39.1 Å². The lowest BCUT2D eigenvalue weighted by atomic mass is 10.1. The van der Waals surface area contributed by atoms with Crippen molar-refractivity contribution in [2.75, 3.05) is 10.0 Å². The Morgan fingerprint density at radius 2 is 1.39 bits per heavy atom. The van der Waals surface area contributed by atoms with Gasteiger partial charge < -0.3 is 5.32 Å². The van der Waals surface area contributed by atoms with Gasteiger partial charge in [0.15, 0.2) is 0 Å². The Kier molecular flexibility index (Phi) is 6.23. The van der Waals surface area contributed by atoms with E-state index in [2.05, 4.69) is 10.0 Å². The molecule has 168 valence electrons. The molecule has 4 rings (SSSR count). The number of imide groups is 1. The summed E-state index contributed by atoms with van der Waals surface area (Å²) in [7, 11) is -3.77. The van der Waals surface area contributed by atoms with Gasteiger partial charge in [0.25, 0.3) is 15.9 Å². The van der Waals surface area contributed by atoms with Crippen LogP contribution < -0.4 is 10.0 Å². The molecule has 2 N–H and O–H groups in total. The van der Waals surface area contributed by atoms with Gasteiger partial charge in [-0.15, -0.1) is 0 Å². The first kappa shape index (κ1) is 22.2. The zero-order valence-corrected chi connectivity index (χ0v) is 18.3. The van der Waals surface area contributed by atoms with E-state index in [1.807, 2.05) is 0 Å². The Balaban J connectivity index is 1.38. The van der Waals surface area contributed by atoms with Crippen molar-refractivity contribution in [2.24, 2.45) is 0 Å². The van der Waals surface area contributed by atoms with Crippen LogP contribution in [0.1, 0.15) is 28.8 Å². The molecule has 3 aromatic rings. The molecule has 1 fully saturated rings. The third-order valence-electron chi connectivity index (χ3n) is 5.16. The van der Waals surface area contributed by atoms with Gasteiger partial charge in [0.1, 0.15) is 0 Å². The number of amides is 3. The van der Waals surface area contributed by atoms with Crippen LogP contribution in [0.3, 0.4) is 0 Å². The van der Waals surface area contributed by atoms with Gasteiger partial charge in [-0.05, 0) is 54.1 Å². The molecular weight excluding hydrogens is 442 g/mol. The Hall–Kier alpha value is -3.98. The van der Waals surface area contributed by atoms with E-state index in [-0.39, 0.29) is 36.1 Å². The van der Waals surface area contributed by atoms with Gasteiger partial charge in [-0.3, -0.25) is 24.0 Å². The van der Waals surface area contributed by atoms with Gasteiger partial charge in [0.05, 0.1) is 11.4 Å². The minimum absolute atomic E-state index is 0.0401. The Bertz CT molecular complexity index is 1270. The molecule has 9 heteroatoms. The van der Waals surface area contributed by atoms with Gasteiger partial charge in [0, 0.05) is 29.8 Å². The second kappa shape index (κ2) is 9.25. The van der Waals surface area contributed by atoms with Gasteiger partial charge >= 0.3 is 0 Å². The highest BCUT2D eigenvalue weighted by Gasteiger charge is 2.28. The number of benzene rings is 3. The minimum Gasteiger partial charge on any atom is -0.322 e. The van der Waals surface area contributed by atoms with Crippen LogP contribution in [-0.2, 0) is 26.2 Å². The van der Waals surface area contributed by atoms with E-state index in [1.165, 1.54) is 29.2 Å². The van der Waals surface area contributed by atoms with Crippen LogP contribution in [0.2, 0.25) is 0 Å². The van der Waals surface area contributed by atoms with Crippen molar-refractivity contribution < 1.29 is 22.8 Å². The number of para-hydroxylation sites is 1. The van der Waals surface area contributed by atoms with Gasteiger partial charge in [-0.1, -0.05) is 30.3 Å². The number of nitrogens with zero attached hydrogens (tertiary/aromatic N) is 1. The highest BCUT2D eigenvalue weighted by atomic mass is 32.2. The number of hydrogen-bond donors (Lipinski definition) is 2. The van der Waals surface area contributed by atoms with Crippen molar-refractivity contribution in [2.45, 2.75) is 24.3 Å². The average Bonchev–Trinajstić information content (AvgIpc) is 3.13. The fraction of sp³-hybridized carbons (Fsp3) is 0.125. The minimum atomic E-state index is -3.77. The summed E-state index contributed by atoms with van der Waals surface area (Å²) in [4.78, 5) is 37.3. The molecule has 3 aromatic carbocycles. The second-order valence-corrected chi connectivity index (χ2v) is 9.20. The molecule has 1 aliphatic rings. The smallest absolute Gasteiger partial charge is 0.261 e. The zero-order chi connectivity index (χ0) is 23.4. The third-order valence-corrected chi connectivity index (χ3v) is 6.56. The maximum atomic E-state index is 12.5. The molecule has 33 heavy (non-hydrogen) atoms. The van der Waals surface area contributed by atoms with E-state index in [0.29, 0.717) is 16.9 Å². The molecule has 0 unspecified atom stereocenters. The third kappa shape index (κ3) is 5.27. The summed E-state index contributed by atoms with van der Waals surface area (Å²) >= 11 is 0. The van der Waals surface area contributed by atoms with Crippen molar-refractivity contribution in [3.05, 3.63) is 90.0 Å². The van der Waals surface area contributed by atoms with E-state index in [9.17, 15) is 22.8 Å². The topological polar surface area (TPSA) is 113 Å². The van der Waals surface area contributed by atoms with Crippen molar-refractivity contribution in [3.8, 4) is 0 Å². The number of carbonyl (C=O) groups is 3. The van der Waals surface area contributed by atoms with Crippen molar-refractivity contribution in [3.63, 3.8) is 0 Å².